The van der Waals surface area contributed by atoms with Crippen LogP contribution in [0, 0.1) is 5.92 Å². The first-order valence-corrected chi connectivity index (χ1v) is 6.70. The van der Waals surface area contributed by atoms with Gasteiger partial charge in [0.25, 0.3) is 0 Å². The lowest BCUT2D eigenvalue weighted by Crippen LogP contribution is -2.34. The van der Waals surface area contributed by atoms with Crippen LogP contribution in [0.25, 0.3) is 0 Å². The van der Waals surface area contributed by atoms with Crippen molar-refractivity contribution in [1.82, 2.24) is 14.5 Å². The Morgan fingerprint density at radius 1 is 1.62 bits per heavy atom. The quantitative estimate of drug-likeness (QED) is 0.784. The smallest absolute Gasteiger partial charge is 0.246 e. The van der Waals surface area contributed by atoms with Gasteiger partial charge < -0.3 is 5.73 Å². The van der Waals surface area contributed by atoms with Crippen LogP contribution in [0.1, 0.15) is 19.8 Å². The first-order valence-electron chi connectivity index (χ1n) is 5.21. The second-order valence-corrected chi connectivity index (χ2v) is 5.98. The van der Waals surface area contributed by atoms with Crippen molar-refractivity contribution in [2.24, 2.45) is 13.0 Å². The number of rotatable bonds is 4. The molecule has 90 valence electrons. The Hall–Kier alpha value is -1.08. The number of aryl methyl sites for hydroxylation is 1. The molecule has 6 nitrogen and oxygen atoms in total. The van der Waals surface area contributed by atoms with Gasteiger partial charge in [-0.15, -0.1) is 0 Å². The van der Waals surface area contributed by atoms with Crippen molar-refractivity contribution in [3.8, 4) is 0 Å². The van der Waals surface area contributed by atoms with Crippen molar-refractivity contribution in [1.29, 1.82) is 0 Å². The predicted molar refractivity (Wildman–Crippen MR) is 60.1 cm³/mol. The Balaban J connectivity index is 2.21. The van der Waals surface area contributed by atoms with Gasteiger partial charge >= 0.3 is 0 Å². The Morgan fingerprint density at radius 3 is 2.69 bits per heavy atom. The summed E-state index contributed by atoms with van der Waals surface area (Å²) in [6.45, 7) is 1.88. The average Bonchev–Trinajstić information content (AvgIpc) is 2.91. The normalized spacial score (nSPS) is 18.6. The molecular weight excluding hydrogens is 228 g/mol. The van der Waals surface area contributed by atoms with Crippen LogP contribution in [0.4, 0.5) is 5.82 Å². The van der Waals surface area contributed by atoms with E-state index in [4.69, 9.17) is 5.73 Å². The Bertz CT molecular complexity index is 490. The van der Waals surface area contributed by atoms with Gasteiger partial charge in [-0.2, -0.15) is 5.10 Å². The lowest BCUT2D eigenvalue weighted by molar-refractivity contribution is 0.538. The van der Waals surface area contributed by atoms with E-state index in [2.05, 4.69) is 9.82 Å². The number of sulfonamides is 1. The van der Waals surface area contributed by atoms with Gasteiger partial charge in [0, 0.05) is 19.3 Å². The van der Waals surface area contributed by atoms with Crippen LogP contribution in [0.2, 0.25) is 0 Å². The minimum absolute atomic E-state index is 0.0374. The highest BCUT2D eigenvalue weighted by Gasteiger charge is 2.32. The van der Waals surface area contributed by atoms with Crippen molar-refractivity contribution in [2.45, 2.75) is 30.7 Å². The van der Waals surface area contributed by atoms with Crippen LogP contribution in [0.5, 0.6) is 0 Å². The molecule has 3 N–H and O–H groups in total. The molecule has 1 aromatic heterocycles. The van der Waals surface area contributed by atoms with Crippen LogP contribution in [0.15, 0.2) is 11.1 Å². The molecule has 0 radical (unpaired) electrons. The third-order valence-corrected chi connectivity index (χ3v) is 4.36. The molecule has 2 rings (SSSR count). The van der Waals surface area contributed by atoms with E-state index in [1.807, 2.05) is 6.92 Å². The summed E-state index contributed by atoms with van der Waals surface area (Å²) in [7, 11) is -1.89. The molecule has 0 spiro atoms. The van der Waals surface area contributed by atoms with Gasteiger partial charge in [0.2, 0.25) is 10.0 Å². The van der Waals surface area contributed by atoms with E-state index in [0.29, 0.717) is 5.92 Å². The fourth-order valence-corrected chi connectivity index (χ4v) is 3.11. The highest BCUT2D eigenvalue weighted by molar-refractivity contribution is 7.89. The van der Waals surface area contributed by atoms with E-state index in [0.717, 1.165) is 12.8 Å². The summed E-state index contributed by atoms with van der Waals surface area (Å²) in [5, 5.41) is 3.82. The molecule has 0 aliphatic heterocycles. The minimum atomic E-state index is -3.53. The number of nitrogens with two attached hydrogens (primary N) is 1. The van der Waals surface area contributed by atoms with Crippen molar-refractivity contribution >= 4 is 15.8 Å². The Morgan fingerprint density at radius 2 is 2.25 bits per heavy atom. The summed E-state index contributed by atoms with van der Waals surface area (Å²) in [6.07, 6.45) is 3.59. The third kappa shape index (κ3) is 2.19. The molecule has 7 heteroatoms. The maximum absolute atomic E-state index is 12.0. The van der Waals surface area contributed by atoms with Gasteiger partial charge in [0.1, 0.15) is 4.90 Å². The molecule has 1 unspecified atom stereocenters. The minimum Gasteiger partial charge on any atom is -0.381 e. The van der Waals surface area contributed by atoms with Crippen LogP contribution >= 0.6 is 0 Å². The van der Waals surface area contributed by atoms with Gasteiger partial charge in [-0.05, 0) is 25.7 Å². The fraction of sp³-hybridized carbons (Fsp3) is 0.667. The zero-order valence-corrected chi connectivity index (χ0v) is 10.2. The second kappa shape index (κ2) is 3.74. The highest BCUT2D eigenvalue weighted by atomic mass is 32.2. The molecule has 1 aliphatic carbocycles. The molecule has 0 aromatic carbocycles. The fourth-order valence-electron chi connectivity index (χ4n) is 1.69. The summed E-state index contributed by atoms with van der Waals surface area (Å²) < 4.78 is 28.0. The van der Waals surface area contributed by atoms with E-state index in [1.165, 1.54) is 10.9 Å². The number of nitrogens with zero attached hydrogens (tertiary/aromatic N) is 2. The van der Waals surface area contributed by atoms with Crippen molar-refractivity contribution in [3.05, 3.63) is 6.20 Å². The molecule has 16 heavy (non-hydrogen) atoms. The summed E-state index contributed by atoms with van der Waals surface area (Å²) >= 11 is 0. The van der Waals surface area contributed by atoms with Gasteiger partial charge in [0.05, 0.1) is 0 Å². The monoisotopic (exact) mass is 244 g/mol. The van der Waals surface area contributed by atoms with Crippen LogP contribution in [-0.2, 0) is 17.1 Å². The van der Waals surface area contributed by atoms with Gasteiger partial charge in [-0.25, -0.2) is 13.1 Å². The number of hydrogen-bond acceptors (Lipinski definition) is 4. The lowest BCUT2D eigenvalue weighted by Gasteiger charge is -2.12. The molecular formula is C9H16N4O2S. The molecule has 1 saturated carbocycles. The maximum atomic E-state index is 12.0. The molecule has 0 saturated heterocycles. The highest BCUT2D eigenvalue weighted by Crippen LogP contribution is 2.33. The Kier molecular flexibility index (Phi) is 2.67. The summed E-state index contributed by atoms with van der Waals surface area (Å²) in [5.74, 6) is 0.505. The standard InChI is InChI=1S/C9H16N4O2S/c1-6(7-3-4-7)12-16(14,15)8-5-13(2)11-9(8)10/h5-7,12H,3-4H2,1-2H3,(H2,10,11). The van der Waals surface area contributed by atoms with Gasteiger partial charge in [0.15, 0.2) is 5.82 Å². The van der Waals surface area contributed by atoms with E-state index >= 15 is 0 Å². The predicted octanol–water partition coefficient (Wildman–Crippen LogP) is 0.0791. The largest absolute Gasteiger partial charge is 0.381 e. The second-order valence-electron chi connectivity index (χ2n) is 4.30. The van der Waals surface area contributed by atoms with E-state index < -0.39 is 10.0 Å². The summed E-state index contributed by atoms with van der Waals surface area (Å²) in [4.78, 5) is 0.0579. The number of anilines is 1. The first kappa shape index (κ1) is 11.4. The van der Waals surface area contributed by atoms with Gasteiger partial charge in [-0.1, -0.05) is 0 Å². The SMILES string of the molecule is CC(NS(=O)(=O)c1cn(C)nc1N)C1CC1. The zero-order valence-electron chi connectivity index (χ0n) is 9.34. The van der Waals surface area contributed by atoms with Gasteiger partial charge in [-0.3, -0.25) is 4.68 Å². The van der Waals surface area contributed by atoms with Crippen LogP contribution in [0.3, 0.4) is 0 Å². The molecule has 1 heterocycles. The van der Waals surface area contributed by atoms with E-state index in [1.54, 1.807) is 7.05 Å². The third-order valence-electron chi connectivity index (χ3n) is 2.78. The molecule has 1 fully saturated rings. The molecule has 1 aromatic rings. The van der Waals surface area contributed by atoms with Crippen molar-refractivity contribution < 1.29 is 8.42 Å². The van der Waals surface area contributed by atoms with Crippen molar-refractivity contribution in [3.63, 3.8) is 0 Å². The first-order chi connectivity index (χ1) is 7.40. The molecule has 1 atom stereocenters. The summed E-state index contributed by atoms with van der Waals surface area (Å²) in [5.41, 5.74) is 5.54. The lowest BCUT2D eigenvalue weighted by atomic mass is 10.2. The van der Waals surface area contributed by atoms with Crippen LogP contribution < -0.4 is 10.5 Å². The summed E-state index contributed by atoms with van der Waals surface area (Å²) in [6, 6.07) is -0.0374. The molecule has 1 aliphatic rings. The number of nitrogens with one attached hydrogen (secondary N) is 1. The Labute approximate surface area is 94.9 Å². The zero-order chi connectivity index (χ0) is 11.9. The molecule has 0 bridgehead atoms. The van der Waals surface area contributed by atoms with E-state index in [9.17, 15) is 8.42 Å². The van der Waals surface area contributed by atoms with Crippen LogP contribution in [-0.4, -0.2) is 24.2 Å². The average molecular weight is 244 g/mol. The van der Waals surface area contributed by atoms with E-state index in [-0.39, 0.29) is 16.8 Å². The number of nitrogen functional groups attached to an aromatic ring is 1. The number of hydrogen-bond donors (Lipinski definition) is 2. The van der Waals surface area contributed by atoms with Crippen molar-refractivity contribution in [2.75, 3.05) is 5.73 Å². The number of aromatic nitrogens is 2. The topological polar surface area (TPSA) is 90.0 Å². The molecule has 0 amide bonds. The maximum Gasteiger partial charge on any atom is 0.246 e.